The van der Waals surface area contributed by atoms with Gasteiger partial charge in [0.25, 0.3) is 10.0 Å². The second kappa shape index (κ2) is 11.3. The van der Waals surface area contributed by atoms with Crippen molar-refractivity contribution in [2.45, 2.75) is 88.1 Å². The highest BCUT2D eigenvalue weighted by Crippen LogP contribution is 2.78. The Morgan fingerprint density at radius 1 is 0.958 bits per heavy atom. The fraction of sp³-hybridized carbons (Fsp3) is 0.553. The van der Waals surface area contributed by atoms with Crippen LogP contribution < -0.4 is 0 Å². The number of aliphatic hydroxyl groups is 2. The Hall–Kier alpha value is -1.92. The van der Waals surface area contributed by atoms with Crippen molar-refractivity contribution in [1.29, 1.82) is 0 Å². The molecular weight excluding hydrogens is 679 g/mol. The largest absolute Gasteiger partial charge is 0.393 e. The van der Waals surface area contributed by atoms with Crippen molar-refractivity contribution >= 4 is 49.8 Å². The molecule has 3 saturated carbocycles. The smallest absolute Gasteiger partial charge is 0.252 e. The molecule has 8 unspecified atom stereocenters. The Labute approximate surface area is 296 Å². The maximum absolute atomic E-state index is 14.7. The Morgan fingerprint density at radius 3 is 2.40 bits per heavy atom. The highest BCUT2D eigenvalue weighted by Gasteiger charge is 2.74. The van der Waals surface area contributed by atoms with Gasteiger partial charge in [0.2, 0.25) is 0 Å². The summed E-state index contributed by atoms with van der Waals surface area (Å²) in [5, 5.41) is 27.7. The van der Waals surface area contributed by atoms with Gasteiger partial charge in [0.1, 0.15) is 4.21 Å². The van der Waals surface area contributed by atoms with Gasteiger partial charge in [0, 0.05) is 44.7 Å². The SMILES string of the molecule is Cc1ccc(C(=O)C2=CC34C=CC25C(CCC2(C)C5CCC2(O)CN(CCc2cccs2)S(=O)(=O)c2cccs2)C3(C)CCC(O)C4)s1. The van der Waals surface area contributed by atoms with E-state index < -0.39 is 32.6 Å². The average molecular weight is 724 g/mol. The maximum Gasteiger partial charge on any atom is 0.252 e. The first-order chi connectivity index (χ1) is 22.8. The molecule has 0 aromatic carbocycles. The van der Waals surface area contributed by atoms with E-state index in [1.807, 2.05) is 36.6 Å². The van der Waals surface area contributed by atoms with Gasteiger partial charge in [-0.2, -0.15) is 4.31 Å². The van der Waals surface area contributed by atoms with Crippen LogP contribution in [0.4, 0.5) is 0 Å². The van der Waals surface area contributed by atoms with Crippen molar-refractivity contribution < 1.29 is 23.4 Å². The number of carbonyl (C=O) groups excluding carboxylic acids is 1. The van der Waals surface area contributed by atoms with E-state index in [4.69, 9.17) is 0 Å². The van der Waals surface area contributed by atoms with Gasteiger partial charge in [-0.25, -0.2) is 8.42 Å². The van der Waals surface area contributed by atoms with Crippen LogP contribution in [0.25, 0.3) is 0 Å². The summed E-state index contributed by atoms with van der Waals surface area (Å²) in [6.07, 6.45) is 12.2. The van der Waals surface area contributed by atoms with E-state index in [1.54, 1.807) is 33.2 Å². The third-order valence-corrected chi connectivity index (χ3v) is 18.8. The monoisotopic (exact) mass is 723 g/mol. The average Bonchev–Trinajstić information content (AvgIpc) is 3.88. The molecule has 6 nitrogen and oxygen atoms in total. The van der Waals surface area contributed by atoms with E-state index in [9.17, 15) is 23.4 Å². The summed E-state index contributed by atoms with van der Waals surface area (Å²) in [6.45, 7) is 6.92. The summed E-state index contributed by atoms with van der Waals surface area (Å²) < 4.78 is 30.2. The number of fused-ring (bicyclic) bond motifs is 1. The molecular formula is C38H45NO5S4. The van der Waals surface area contributed by atoms with Crippen LogP contribution in [0.5, 0.6) is 0 Å². The number of aryl methyl sites for hydroxylation is 1. The van der Waals surface area contributed by atoms with Crippen molar-refractivity contribution in [2.75, 3.05) is 13.1 Å². The number of Topliss-reactive ketones (excluding diaryl/α,β-unsaturated/α-hetero) is 1. The third kappa shape index (κ3) is 4.55. The molecule has 256 valence electrons. The Kier molecular flexibility index (Phi) is 7.82. The number of aliphatic hydroxyl groups excluding tert-OH is 1. The quantitative estimate of drug-likeness (QED) is 0.173. The van der Waals surface area contributed by atoms with Gasteiger partial charge in [-0.3, -0.25) is 4.79 Å². The van der Waals surface area contributed by atoms with Crippen molar-refractivity contribution in [3.05, 3.63) is 85.6 Å². The van der Waals surface area contributed by atoms with Crippen LogP contribution >= 0.6 is 34.0 Å². The van der Waals surface area contributed by atoms with Crippen LogP contribution in [-0.2, 0) is 16.4 Å². The second-order valence-corrected chi connectivity index (χ2v) is 21.1. The van der Waals surface area contributed by atoms with Gasteiger partial charge in [-0.15, -0.1) is 34.0 Å². The first-order valence-electron chi connectivity index (χ1n) is 17.3. The molecule has 8 atom stereocenters. The normalized spacial score (nSPS) is 38.5. The zero-order valence-corrected chi connectivity index (χ0v) is 31.1. The number of sulfonamides is 1. The topological polar surface area (TPSA) is 94.9 Å². The predicted octanol–water partition coefficient (Wildman–Crippen LogP) is 7.89. The van der Waals surface area contributed by atoms with E-state index in [1.165, 1.54) is 22.7 Å². The molecule has 2 bridgehead atoms. The summed E-state index contributed by atoms with van der Waals surface area (Å²) >= 11 is 4.37. The van der Waals surface area contributed by atoms with Crippen LogP contribution in [0.1, 0.15) is 78.2 Å². The molecule has 3 heterocycles. The molecule has 10 heteroatoms. The molecule has 0 amide bonds. The van der Waals surface area contributed by atoms with E-state index in [0.29, 0.717) is 36.4 Å². The molecule has 3 fully saturated rings. The van der Waals surface area contributed by atoms with Gasteiger partial charge in [-0.05, 0) is 111 Å². The Bertz CT molecular complexity index is 1890. The van der Waals surface area contributed by atoms with Crippen LogP contribution in [0.15, 0.2) is 75.2 Å². The molecule has 6 aliphatic carbocycles. The van der Waals surface area contributed by atoms with E-state index in [2.05, 4.69) is 32.1 Å². The summed E-state index contributed by atoms with van der Waals surface area (Å²) in [5.41, 5.74) is -2.12. The summed E-state index contributed by atoms with van der Waals surface area (Å²) in [5.74, 6) is 0.228. The van der Waals surface area contributed by atoms with Gasteiger partial charge < -0.3 is 10.2 Å². The van der Waals surface area contributed by atoms with Crippen LogP contribution in [0.2, 0.25) is 0 Å². The lowest BCUT2D eigenvalue weighted by Gasteiger charge is -2.71. The predicted molar refractivity (Wildman–Crippen MR) is 193 cm³/mol. The van der Waals surface area contributed by atoms with Crippen LogP contribution in [0, 0.1) is 40.4 Å². The highest BCUT2D eigenvalue weighted by atomic mass is 32.2. The fourth-order valence-corrected chi connectivity index (χ4v) is 15.2. The minimum absolute atomic E-state index is 0.0284. The van der Waals surface area contributed by atoms with Gasteiger partial charge in [0.15, 0.2) is 5.78 Å². The number of ketones is 1. The number of hydrogen-bond donors (Lipinski definition) is 2. The van der Waals surface area contributed by atoms with E-state index in [0.717, 1.165) is 45.9 Å². The lowest BCUT2D eigenvalue weighted by atomic mass is 9.32. The highest BCUT2D eigenvalue weighted by molar-refractivity contribution is 7.91. The summed E-state index contributed by atoms with van der Waals surface area (Å²) in [7, 11) is -3.83. The summed E-state index contributed by atoms with van der Waals surface area (Å²) in [6, 6.07) is 11.4. The molecule has 2 spiro atoms. The first-order valence-corrected chi connectivity index (χ1v) is 21.3. The molecule has 3 aromatic rings. The first kappa shape index (κ1) is 33.2. The Morgan fingerprint density at radius 2 is 1.69 bits per heavy atom. The van der Waals surface area contributed by atoms with Crippen LogP contribution in [0.3, 0.4) is 0 Å². The number of thiophene rings is 3. The van der Waals surface area contributed by atoms with Gasteiger partial charge in [0.05, 0.1) is 16.6 Å². The molecule has 3 aromatic heterocycles. The van der Waals surface area contributed by atoms with Gasteiger partial charge >= 0.3 is 0 Å². The third-order valence-electron chi connectivity index (χ3n) is 13.6. The molecule has 0 saturated heterocycles. The number of carbonyl (C=O) groups is 1. The van der Waals surface area contributed by atoms with Crippen molar-refractivity contribution in [2.24, 2.45) is 33.5 Å². The molecule has 2 N–H and O–H groups in total. The van der Waals surface area contributed by atoms with Crippen molar-refractivity contribution in [3.8, 4) is 0 Å². The zero-order chi connectivity index (χ0) is 33.7. The lowest BCUT2D eigenvalue weighted by Crippen LogP contribution is -2.67. The van der Waals surface area contributed by atoms with Crippen molar-refractivity contribution in [1.82, 2.24) is 4.31 Å². The lowest BCUT2D eigenvalue weighted by molar-refractivity contribution is -0.173. The Balaban J connectivity index is 1.21. The molecule has 0 aliphatic heterocycles. The maximum atomic E-state index is 14.7. The van der Waals surface area contributed by atoms with Crippen molar-refractivity contribution in [3.63, 3.8) is 0 Å². The minimum Gasteiger partial charge on any atom is -0.393 e. The molecule has 48 heavy (non-hydrogen) atoms. The van der Waals surface area contributed by atoms with Gasteiger partial charge in [-0.1, -0.05) is 44.2 Å². The minimum atomic E-state index is -3.83. The molecule has 0 radical (unpaired) electrons. The van der Waals surface area contributed by atoms with Crippen LogP contribution in [-0.4, -0.2) is 53.5 Å². The molecule has 6 aliphatic rings. The zero-order valence-electron chi connectivity index (χ0n) is 27.9. The van der Waals surface area contributed by atoms with E-state index >= 15 is 0 Å². The van der Waals surface area contributed by atoms with E-state index in [-0.39, 0.29) is 35.0 Å². The number of hydrogen-bond acceptors (Lipinski definition) is 8. The fourth-order valence-electron chi connectivity index (χ4n) is 11.1. The number of rotatable bonds is 9. The molecule has 9 rings (SSSR count). The number of nitrogens with zero attached hydrogens (tertiary/aromatic N) is 1. The second-order valence-electron chi connectivity index (χ2n) is 15.6. The standard InChI is InChI=1S/C38H45NO5S4/c1-25-8-9-29(47-25)33(41)28-23-36-17-18-38(28)30(34(36,2)14-10-26(40)22-36)11-15-35(3)31(38)12-16-37(35,42)24-39(19-13-27-6-4-20-45-27)48(43,44)32-7-5-21-46-32/h4-9,17-18,20-21,23,26,30-31,40,42H,10-16,19,22,24H2,1-3H3. The number of allylic oxidation sites excluding steroid dienone is 4. The summed E-state index contributed by atoms with van der Waals surface area (Å²) in [4.78, 5) is 17.7.